The van der Waals surface area contributed by atoms with Gasteiger partial charge in [-0.1, -0.05) is 194 Å². The van der Waals surface area contributed by atoms with Crippen LogP contribution in [0.3, 0.4) is 0 Å². The van der Waals surface area contributed by atoms with Crippen LogP contribution in [0.5, 0.6) is 0 Å². The second-order valence-corrected chi connectivity index (χ2v) is 26.8. The average Bonchev–Trinajstić information content (AvgIpc) is 1.59. The molecule has 0 N–H and O–H groups in total. The first-order valence-electron chi connectivity index (χ1n) is 34.8. The van der Waals surface area contributed by atoms with Gasteiger partial charge in [0.05, 0.1) is 41.4 Å². The number of aromatic nitrogens is 15. The molecule has 4 radical (unpaired) electrons. The van der Waals surface area contributed by atoms with Gasteiger partial charge in [-0.25, -0.2) is 14.9 Å². The molecule has 111 heavy (non-hydrogen) atoms. The van der Waals surface area contributed by atoms with E-state index in [0.717, 1.165) is 90.2 Å². The Hall–Kier alpha value is -10.4. The molecule has 10 aromatic carbocycles. The molecule has 0 amide bonds. The van der Waals surface area contributed by atoms with Crippen molar-refractivity contribution < 1.29 is 101 Å². The van der Waals surface area contributed by atoms with E-state index in [9.17, 15) is 0 Å². The van der Waals surface area contributed by atoms with Crippen molar-refractivity contribution in [3.05, 3.63) is 364 Å². The molecule has 20 heteroatoms. The molecule has 0 saturated heterocycles. The fourth-order valence-corrected chi connectivity index (χ4v) is 13.4. The Bertz CT molecular complexity index is 5560. The molecule has 562 valence electrons. The number of fused-ring (bicyclic) bond motifs is 6. The molecule has 0 bridgehead atoms. The van der Waals surface area contributed by atoms with Gasteiger partial charge in [-0.05, 0) is 88.4 Å². The van der Waals surface area contributed by atoms with Crippen molar-refractivity contribution in [2.24, 2.45) is 21.1 Å². The van der Waals surface area contributed by atoms with Gasteiger partial charge in [0, 0.05) is 164 Å². The van der Waals surface area contributed by atoms with Gasteiger partial charge in [0.2, 0.25) is 0 Å². The number of hydrogen-bond acceptors (Lipinski definition) is 10. The number of hydrogen-bond donors (Lipinski definition) is 0. The third kappa shape index (κ3) is 18.8. The Labute approximate surface area is 715 Å². The van der Waals surface area contributed by atoms with Gasteiger partial charge in [0.1, 0.15) is 12.7 Å². The van der Waals surface area contributed by atoms with Crippen LogP contribution >= 0.6 is 0 Å². The summed E-state index contributed by atoms with van der Waals surface area (Å²) in [5.41, 5.74) is 26.5. The number of rotatable bonds is 10. The van der Waals surface area contributed by atoms with Gasteiger partial charge in [-0.2, -0.15) is 5.10 Å². The largest absolute Gasteiger partial charge is 0.350 e. The molecule has 7 heterocycles. The van der Waals surface area contributed by atoms with E-state index in [4.69, 9.17) is 0 Å². The van der Waals surface area contributed by atoms with Gasteiger partial charge in [-0.3, -0.25) is 39.3 Å². The Kier molecular flexibility index (Phi) is 28.1. The van der Waals surface area contributed by atoms with Crippen molar-refractivity contribution >= 4 is 0 Å². The molecule has 0 spiro atoms. The molecule has 0 saturated carbocycles. The SMILES string of the molecule is Cn1cnc(-c2[c-]cc3c(c2)C(C)(C)c2ccccc2-3)c1.Cn1cnc(-c2[c-]cc3c(c2)C(C)(C)c2ccccc2-3)n1.Cn1cnc(-c2[c-]ccc(-c3ccccc3)c2)n1.[Ir].[Ir].[Ir].[Ir].[Pt].[c-]1ccc(-c2ccccn2)cc1-c1cn(-c2ccccc2)cn1.[c-]1ccc(-c2ccccn2)cc1-c1cn(-c2ccccc2)nn1. The second kappa shape index (κ2) is 37.6. The average molecular weight is 2340 g/mol. The van der Waals surface area contributed by atoms with Crippen molar-refractivity contribution in [2.45, 2.75) is 38.5 Å². The first-order valence-corrected chi connectivity index (χ1v) is 34.8. The molecular weight excluding hydrogens is 2270 g/mol. The van der Waals surface area contributed by atoms with E-state index in [-0.39, 0.29) is 112 Å². The summed E-state index contributed by atoms with van der Waals surface area (Å²) >= 11 is 0. The number of pyridine rings is 2. The van der Waals surface area contributed by atoms with E-state index >= 15 is 0 Å². The second-order valence-electron chi connectivity index (χ2n) is 26.8. The van der Waals surface area contributed by atoms with Crippen LogP contribution in [0.4, 0.5) is 0 Å². The molecule has 0 atom stereocenters. The predicted octanol–water partition coefficient (Wildman–Crippen LogP) is 18.9. The van der Waals surface area contributed by atoms with E-state index in [0.29, 0.717) is 5.82 Å². The number of nitrogens with zero attached hydrogens (tertiary/aromatic N) is 15. The van der Waals surface area contributed by atoms with Crippen molar-refractivity contribution in [3.8, 4) is 124 Å². The van der Waals surface area contributed by atoms with Crippen LogP contribution in [0.15, 0.2) is 311 Å². The van der Waals surface area contributed by atoms with Gasteiger partial charge in [-0.15, -0.1) is 154 Å². The maximum Gasteiger partial charge on any atom is 0.102 e. The van der Waals surface area contributed by atoms with Crippen LogP contribution in [0.1, 0.15) is 49.9 Å². The van der Waals surface area contributed by atoms with E-state index in [2.05, 4.69) is 218 Å². The zero-order valence-electron chi connectivity index (χ0n) is 61.3. The summed E-state index contributed by atoms with van der Waals surface area (Å²) in [6, 6.07) is 102. The molecule has 0 aliphatic heterocycles. The molecule has 2 aliphatic carbocycles. The first kappa shape index (κ1) is 83.1. The maximum atomic E-state index is 4.51. The molecule has 0 fully saturated rings. The van der Waals surface area contributed by atoms with Crippen LogP contribution < -0.4 is 0 Å². The first-order chi connectivity index (χ1) is 51.8. The van der Waals surface area contributed by atoms with E-state index in [1.807, 2.05) is 207 Å². The molecular formula is C91H72Ir4N15Pt-5. The normalized spacial score (nSPS) is 11.7. The quantitative estimate of drug-likeness (QED) is 0.121. The van der Waals surface area contributed by atoms with Gasteiger partial charge in [0.25, 0.3) is 0 Å². The van der Waals surface area contributed by atoms with Crippen LogP contribution in [0.2, 0.25) is 0 Å². The Morgan fingerprint density at radius 1 is 0.324 bits per heavy atom. The predicted molar refractivity (Wildman–Crippen MR) is 419 cm³/mol. The van der Waals surface area contributed by atoms with Crippen molar-refractivity contribution in [3.63, 3.8) is 0 Å². The Morgan fingerprint density at radius 2 is 0.757 bits per heavy atom. The molecule has 15 nitrogen and oxygen atoms in total. The molecule has 2 aliphatic rings. The summed E-state index contributed by atoms with van der Waals surface area (Å²) in [6.07, 6.45) is 16.6. The summed E-state index contributed by atoms with van der Waals surface area (Å²) in [6.45, 7) is 9.13. The fourth-order valence-electron chi connectivity index (χ4n) is 13.4. The van der Waals surface area contributed by atoms with E-state index in [1.54, 1.807) is 39.1 Å². The molecule has 7 aromatic heterocycles. The topological polar surface area (TPSA) is 154 Å². The molecule has 17 aromatic rings. The Morgan fingerprint density at radius 3 is 1.27 bits per heavy atom. The summed E-state index contributed by atoms with van der Waals surface area (Å²) < 4.78 is 9.15. The number of imidazole rings is 2. The van der Waals surface area contributed by atoms with E-state index in [1.165, 1.54) is 50.1 Å². The van der Waals surface area contributed by atoms with Crippen molar-refractivity contribution in [2.75, 3.05) is 0 Å². The third-order valence-corrected chi connectivity index (χ3v) is 18.8. The maximum absolute atomic E-state index is 4.51. The zero-order chi connectivity index (χ0) is 72.6. The molecule has 19 rings (SSSR count). The standard InChI is InChI=1S/C20H14N3.C19H13N4.C19H17N2.C18H16N3.C15H12N3.4Ir.Pt/c1-2-9-18(10-3-1)23-14-20(22-15-23)17-8-6-7-16(13-17)19-11-4-5-12-21-19;1-2-9-17(10-3-1)23-14-19(21-22-23)16-8-6-7-15(13-16)18-11-4-5-12-20-18;1-19(2)16-7-5-4-6-14(16)15-9-8-13(10-17(15)19)18-11-21(3)12-20-18;1-18(2)15-7-5-4-6-13(15)14-9-8-12(10-16(14)18)17-19-11-21(3)20-17;1-18-11-16-15(17-18)14-9-5-8-13(10-14)12-6-3-2-4-7-12;;;;;/h1-7,9-15H;1-7,9-14H;4-7,9-12H,1-3H3;4-7,9-11H,1-3H3;2-8,10-11H,1H3;;;;;/q5*-1;;;;;. The fraction of sp³-hybridized carbons (Fsp3) is 0.0989. The van der Waals surface area contributed by atoms with Gasteiger partial charge >= 0.3 is 0 Å². The summed E-state index contributed by atoms with van der Waals surface area (Å²) in [5, 5.41) is 17.1. The van der Waals surface area contributed by atoms with Crippen LogP contribution in [-0.4, -0.2) is 73.6 Å². The summed E-state index contributed by atoms with van der Waals surface area (Å²) in [7, 11) is 5.73. The monoisotopic (exact) mass is 2340 g/mol. The smallest absolute Gasteiger partial charge is 0.102 e. The van der Waals surface area contributed by atoms with Crippen molar-refractivity contribution in [1.82, 2.24) is 73.6 Å². The van der Waals surface area contributed by atoms with Crippen LogP contribution in [-0.2, 0) is 133 Å². The summed E-state index contributed by atoms with van der Waals surface area (Å²) in [5.74, 6) is 1.43. The minimum Gasteiger partial charge on any atom is -0.350 e. The minimum atomic E-state index is 0. The third-order valence-electron chi connectivity index (χ3n) is 18.8. The zero-order valence-corrected chi connectivity index (χ0v) is 73.2. The van der Waals surface area contributed by atoms with Gasteiger partial charge < -0.3 is 9.13 Å². The minimum absolute atomic E-state index is 0. The van der Waals surface area contributed by atoms with Crippen LogP contribution in [0.25, 0.3) is 124 Å². The number of para-hydroxylation sites is 2. The van der Waals surface area contributed by atoms with Gasteiger partial charge in [0.15, 0.2) is 0 Å². The van der Waals surface area contributed by atoms with Crippen LogP contribution in [0, 0.1) is 30.3 Å². The van der Waals surface area contributed by atoms with Crippen molar-refractivity contribution in [1.29, 1.82) is 0 Å². The molecule has 0 unspecified atom stereocenters. The number of aryl methyl sites for hydroxylation is 3. The Balaban J connectivity index is 0.000000146. The number of benzene rings is 10. The summed E-state index contributed by atoms with van der Waals surface area (Å²) in [4.78, 5) is 26.3. The van der Waals surface area contributed by atoms with E-state index < -0.39 is 0 Å².